The molecular formula is C16H12N2O4. The maximum absolute atomic E-state index is 10.7. The fourth-order valence-corrected chi connectivity index (χ4v) is 2.00. The topological polar surface area (TPSA) is 78.4 Å². The van der Waals surface area contributed by atoms with Gasteiger partial charge in [0.2, 0.25) is 5.89 Å². The highest BCUT2D eigenvalue weighted by molar-refractivity contribution is 5.78. The van der Waals surface area contributed by atoms with E-state index >= 15 is 0 Å². The summed E-state index contributed by atoms with van der Waals surface area (Å²) in [6.45, 7) is 0. The smallest absolute Gasteiger partial charge is 0.273 e. The Hall–Kier alpha value is -3.15. The van der Waals surface area contributed by atoms with Crippen LogP contribution in [0.1, 0.15) is 11.5 Å². The number of methoxy groups -OCH3 is 1. The van der Waals surface area contributed by atoms with Crippen molar-refractivity contribution in [2.45, 2.75) is 0 Å². The Labute approximate surface area is 125 Å². The molecule has 0 radical (unpaired) electrons. The molecule has 0 saturated heterocycles. The second-order valence-corrected chi connectivity index (χ2v) is 4.57. The number of hydrogen-bond donors (Lipinski definition) is 0. The molecule has 0 spiro atoms. The predicted molar refractivity (Wildman–Crippen MR) is 82.6 cm³/mol. The van der Waals surface area contributed by atoms with Gasteiger partial charge in [0.25, 0.3) is 5.69 Å². The number of hydrogen-bond acceptors (Lipinski definition) is 5. The van der Waals surface area contributed by atoms with Gasteiger partial charge in [-0.2, -0.15) is 0 Å². The number of fused-ring (bicyclic) bond motifs is 1. The normalized spacial score (nSPS) is 11.1. The Kier molecular flexibility index (Phi) is 3.57. The molecule has 0 unspecified atom stereocenters. The van der Waals surface area contributed by atoms with E-state index in [4.69, 9.17) is 9.15 Å². The zero-order valence-corrected chi connectivity index (χ0v) is 11.7. The molecule has 110 valence electrons. The molecule has 0 bridgehead atoms. The van der Waals surface area contributed by atoms with Crippen LogP contribution in [0.25, 0.3) is 23.3 Å². The van der Waals surface area contributed by atoms with Crippen LogP contribution in [0.3, 0.4) is 0 Å². The number of rotatable bonds is 4. The number of aromatic nitrogens is 1. The SMILES string of the molecule is COc1ccc(/C=C/c2nc3ccc([N+](=O)[O-])cc3o2)cc1. The monoisotopic (exact) mass is 296 g/mol. The molecule has 0 saturated carbocycles. The number of nitro groups is 1. The number of nitrogens with zero attached hydrogens (tertiary/aromatic N) is 2. The third kappa shape index (κ3) is 2.80. The second-order valence-electron chi connectivity index (χ2n) is 4.57. The van der Waals surface area contributed by atoms with Crippen molar-refractivity contribution in [3.63, 3.8) is 0 Å². The average molecular weight is 296 g/mol. The molecule has 0 N–H and O–H groups in total. The van der Waals surface area contributed by atoms with Crippen molar-refractivity contribution in [2.24, 2.45) is 0 Å². The van der Waals surface area contributed by atoms with Gasteiger partial charge in [0.1, 0.15) is 11.3 Å². The molecule has 6 nitrogen and oxygen atoms in total. The van der Waals surface area contributed by atoms with Crippen LogP contribution < -0.4 is 4.74 Å². The van der Waals surface area contributed by atoms with Gasteiger partial charge in [0.05, 0.1) is 18.1 Å². The van der Waals surface area contributed by atoms with E-state index in [2.05, 4.69) is 4.98 Å². The number of nitro benzene ring substituents is 1. The van der Waals surface area contributed by atoms with Crippen LogP contribution in [0.5, 0.6) is 5.75 Å². The first-order valence-corrected chi connectivity index (χ1v) is 6.53. The summed E-state index contributed by atoms with van der Waals surface area (Å²) in [4.78, 5) is 14.5. The quantitative estimate of drug-likeness (QED) is 0.538. The van der Waals surface area contributed by atoms with Crippen molar-refractivity contribution in [1.29, 1.82) is 0 Å². The average Bonchev–Trinajstić information content (AvgIpc) is 2.95. The minimum Gasteiger partial charge on any atom is -0.497 e. The predicted octanol–water partition coefficient (Wildman–Crippen LogP) is 3.92. The highest BCUT2D eigenvalue weighted by Gasteiger charge is 2.10. The highest BCUT2D eigenvalue weighted by Crippen LogP contribution is 2.22. The van der Waals surface area contributed by atoms with E-state index in [9.17, 15) is 10.1 Å². The standard InChI is InChI=1S/C16H12N2O4/c1-21-13-6-2-11(3-7-13)4-9-16-17-14-8-5-12(18(19)20)10-15(14)22-16/h2-10H,1H3/b9-4+. The molecule has 22 heavy (non-hydrogen) atoms. The summed E-state index contributed by atoms with van der Waals surface area (Å²) in [7, 11) is 1.61. The summed E-state index contributed by atoms with van der Waals surface area (Å²) >= 11 is 0. The van der Waals surface area contributed by atoms with Gasteiger partial charge in [0, 0.05) is 12.1 Å². The lowest BCUT2D eigenvalue weighted by Crippen LogP contribution is -1.86. The summed E-state index contributed by atoms with van der Waals surface area (Å²) in [6.07, 6.45) is 3.56. The van der Waals surface area contributed by atoms with Crippen LogP contribution in [0.2, 0.25) is 0 Å². The summed E-state index contributed by atoms with van der Waals surface area (Å²) in [5.74, 6) is 1.18. The number of non-ortho nitro benzene ring substituents is 1. The maximum Gasteiger partial charge on any atom is 0.273 e. The largest absolute Gasteiger partial charge is 0.497 e. The molecule has 6 heteroatoms. The van der Waals surface area contributed by atoms with Crippen molar-refractivity contribution >= 4 is 28.9 Å². The van der Waals surface area contributed by atoms with Crippen molar-refractivity contribution in [1.82, 2.24) is 4.98 Å². The van der Waals surface area contributed by atoms with Crippen LogP contribution in [0.4, 0.5) is 5.69 Å². The van der Waals surface area contributed by atoms with Crippen molar-refractivity contribution in [3.8, 4) is 5.75 Å². The molecule has 1 aromatic heterocycles. The van der Waals surface area contributed by atoms with Gasteiger partial charge in [0.15, 0.2) is 5.58 Å². The van der Waals surface area contributed by atoms with E-state index in [1.165, 1.54) is 12.1 Å². The highest BCUT2D eigenvalue weighted by atomic mass is 16.6. The Bertz CT molecular complexity index is 850. The van der Waals surface area contributed by atoms with Gasteiger partial charge in [-0.3, -0.25) is 10.1 Å². The van der Waals surface area contributed by atoms with Crippen LogP contribution in [0.15, 0.2) is 46.9 Å². The zero-order valence-electron chi connectivity index (χ0n) is 11.7. The summed E-state index contributed by atoms with van der Waals surface area (Å²) < 4.78 is 10.6. The number of oxazole rings is 1. The Morgan fingerprint density at radius 2 is 1.95 bits per heavy atom. The van der Waals surface area contributed by atoms with E-state index in [1.54, 1.807) is 19.3 Å². The first kappa shape index (κ1) is 13.8. The van der Waals surface area contributed by atoms with Gasteiger partial charge in [-0.25, -0.2) is 4.98 Å². The van der Waals surface area contributed by atoms with E-state index in [0.29, 0.717) is 17.0 Å². The van der Waals surface area contributed by atoms with Gasteiger partial charge >= 0.3 is 0 Å². The van der Waals surface area contributed by atoms with Crippen LogP contribution in [0, 0.1) is 10.1 Å². The van der Waals surface area contributed by atoms with Crippen molar-refractivity contribution < 1.29 is 14.1 Å². The van der Waals surface area contributed by atoms with Gasteiger partial charge in [-0.15, -0.1) is 0 Å². The lowest BCUT2D eigenvalue weighted by molar-refractivity contribution is -0.384. The van der Waals surface area contributed by atoms with Crippen LogP contribution in [-0.2, 0) is 0 Å². The molecule has 1 heterocycles. The van der Waals surface area contributed by atoms with Gasteiger partial charge < -0.3 is 9.15 Å². The molecule has 0 aliphatic heterocycles. The van der Waals surface area contributed by atoms with Crippen molar-refractivity contribution in [2.75, 3.05) is 7.11 Å². The molecule has 0 aliphatic carbocycles. The summed E-state index contributed by atoms with van der Waals surface area (Å²) in [6, 6.07) is 11.9. The second kappa shape index (κ2) is 5.69. The fraction of sp³-hybridized carbons (Fsp3) is 0.0625. The first-order valence-electron chi connectivity index (χ1n) is 6.53. The fourth-order valence-electron chi connectivity index (χ4n) is 2.00. The van der Waals surface area contributed by atoms with E-state index in [1.807, 2.05) is 30.3 Å². The Morgan fingerprint density at radius 1 is 1.18 bits per heavy atom. The third-order valence-corrected chi connectivity index (χ3v) is 3.13. The Morgan fingerprint density at radius 3 is 2.64 bits per heavy atom. The van der Waals surface area contributed by atoms with E-state index < -0.39 is 4.92 Å². The van der Waals surface area contributed by atoms with Gasteiger partial charge in [-0.05, 0) is 29.8 Å². The molecular weight excluding hydrogens is 284 g/mol. The molecule has 2 aromatic carbocycles. The minimum absolute atomic E-state index is 0.0191. The lowest BCUT2D eigenvalue weighted by atomic mass is 10.2. The molecule has 3 aromatic rings. The summed E-state index contributed by atoms with van der Waals surface area (Å²) in [5, 5.41) is 10.7. The molecule has 0 aliphatic rings. The number of benzene rings is 2. The zero-order chi connectivity index (χ0) is 15.5. The summed E-state index contributed by atoms with van der Waals surface area (Å²) in [5.41, 5.74) is 1.92. The molecule has 0 atom stereocenters. The van der Waals surface area contributed by atoms with Gasteiger partial charge in [-0.1, -0.05) is 12.1 Å². The van der Waals surface area contributed by atoms with E-state index in [-0.39, 0.29) is 5.69 Å². The molecule has 3 rings (SSSR count). The van der Waals surface area contributed by atoms with Crippen LogP contribution >= 0.6 is 0 Å². The minimum atomic E-state index is -0.463. The number of ether oxygens (including phenoxy) is 1. The molecule has 0 fully saturated rings. The van der Waals surface area contributed by atoms with E-state index in [0.717, 1.165) is 11.3 Å². The Balaban J connectivity index is 1.86. The van der Waals surface area contributed by atoms with Crippen molar-refractivity contribution in [3.05, 3.63) is 64.0 Å². The lowest BCUT2D eigenvalue weighted by Gasteiger charge is -1.98. The maximum atomic E-state index is 10.7. The molecule has 0 amide bonds. The third-order valence-electron chi connectivity index (χ3n) is 3.13. The first-order chi connectivity index (χ1) is 10.7. The van der Waals surface area contributed by atoms with Crippen LogP contribution in [-0.4, -0.2) is 17.0 Å².